The molecule has 1 aromatic heterocycles. The highest BCUT2D eigenvalue weighted by molar-refractivity contribution is 7.98. The van der Waals surface area contributed by atoms with E-state index in [4.69, 9.17) is 5.14 Å². The molecule has 4 aromatic rings. The van der Waals surface area contributed by atoms with E-state index in [9.17, 15) is 21.6 Å². The molecule has 3 aromatic carbocycles. The molecule has 5 nitrogen and oxygen atoms in total. The number of imidazole rings is 1. The van der Waals surface area contributed by atoms with E-state index in [1.807, 2.05) is 0 Å². The summed E-state index contributed by atoms with van der Waals surface area (Å²) < 4.78 is 61.8. The zero-order chi connectivity index (χ0) is 22.2. The largest absolute Gasteiger partial charge is 0.416 e. The Bertz CT molecular complexity index is 1350. The van der Waals surface area contributed by atoms with Gasteiger partial charge >= 0.3 is 6.18 Å². The normalized spacial score (nSPS) is 12.4. The van der Waals surface area contributed by atoms with Crippen LogP contribution in [0.1, 0.15) is 11.4 Å². The van der Waals surface area contributed by atoms with E-state index in [0.717, 1.165) is 12.1 Å². The second-order valence-electron chi connectivity index (χ2n) is 6.77. The number of aromatic amines is 1. The van der Waals surface area contributed by atoms with Crippen LogP contribution in [0.4, 0.5) is 13.2 Å². The third kappa shape index (κ3) is 4.76. The number of hydrogen-bond donors (Lipinski definition) is 2. The summed E-state index contributed by atoms with van der Waals surface area (Å²) in [5.74, 6) is 1.08. The number of rotatable bonds is 5. The lowest BCUT2D eigenvalue weighted by Gasteiger charge is -2.07. The van der Waals surface area contributed by atoms with E-state index >= 15 is 0 Å². The third-order valence-corrected chi connectivity index (χ3v) is 6.59. The van der Waals surface area contributed by atoms with Gasteiger partial charge in [0.25, 0.3) is 0 Å². The van der Waals surface area contributed by atoms with Gasteiger partial charge in [-0.15, -0.1) is 11.8 Å². The van der Waals surface area contributed by atoms with Gasteiger partial charge in [0.1, 0.15) is 5.82 Å². The molecule has 31 heavy (non-hydrogen) atoms. The van der Waals surface area contributed by atoms with E-state index in [0.29, 0.717) is 38.6 Å². The maximum absolute atomic E-state index is 12.7. The Labute approximate surface area is 180 Å². The number of sulfonamides is 1. The van der Waals surface area contributed by atoms with Crippen LogP contribution in [-0.4, -0.2) is 18.4 Å². The molecule has 0 saturated carbocycles. The summed E-state index contributed by atoms with van der Waals surface area (Å²) >= 11 is 1.36. The number of aromatic nitrogens is 2. The molecular formula is C21H16F3N3O2S2. The maximum Gasteiger partial charge on any atom is 0.416 e. The molecule has 1 heterocycles. The molecule has 0 aliphatic rings. The van der Waals surface area contributed by atoms with Crippen LogP contribution in [0.15, 0.2) is 76.5 Å². The summed E-state index contributed by atoms with van der Waals surface area (Å²) in [4.78, 5) is 8.39. The van der Waals surface area contributed by atoms with E-state index in [2.05, 4.69) is 9.97 Å². The summed E-state index contributed by atoms with van der Waals surface area (Å²) in [6.45, 7) is 0. The standard InChI is InChI=1S/C21H16F3N3O2S2/c22-21(23,24)14-6-8-15(9-7-14)30-12-20-26-17-10-5-13(11-18(17)27-20)16-3-1-2-4-19(16)31(25,28)29/h1-11H,12H2,(H,26,27)(H2,25,28,29). The van der Waals surface area contributed by atoms with Crippen LogP contribution < -0.4 is 5.14 Å². The molecule has 0 bridgehead atoms. The van der Waals surface area contributed by atoms with Crippen molar-refractivity contribution >= 4 is 32.8 Å². The molecule has 0 aliphatic heterocycles. The molecule has 0 unspecified atom stereocenters. The lowest BCUT2D eigenvalue weighted by Crippen LogP contribution is -2.13. The Hall–Kier alpha value is -2.82. The number of nitrogens with two attached hydrogens (primary N) is 1. The molecule has 0 atom stereocenters. The quantitative estimate of drug-likeness (QED) is 0.399. The van der Waals surface area contributed by atoms with Gasteiger partial charge in [0, 0.05) is 10.5 Å². The first-order valence-electron chi connectivity index (χ1n) is 9.02. The van der Waals surface area contributed by atoms with Gasteiger partial charge in [-0.2, -0.15) is 13.2 Å². The maximum atomic E-state index is 12.7. The molecule has 160 valence electrons. The van der Waals surface area contributed by atoms with Gasteiger partial charge in [-0.1, -0.05) is 24.3 Å². The van der Waals surface area contributed by atoms with Crippen molar-refractivity contribution < 1.29 is 21.6 Å². The number of hydrogen-bond acceptors (Lipinski definition) is 4. The van der Waals surface area contributed by atoms with E-state index in [1.165, 1.54) is 30.0 Å². The summed E-state index contributed by atoms with van der Waals surface area (Å²) in [6.07, 6.45) is -4.36. The van der Waals surface area contributed by atoms with Crippen LogP contribution in [0.25, 0.3) is 22.2 Å². The minimum absolute atomic E-state index is 0.0342. The van der Waals surface area contributed by atoms with Gasteiger partial charge < -0.3 is 4.98 Å². The first kappa shape index (κ1) is 21.4. The van der Waals surface area contributed by atoms with Crippen molar-refractivity contribution in [1.82, 2.24) is 9.97 Å². The number of halogens is 3. The van der Waals surface area contributed by atoms with Crippen LogP contribution in [0.2, 0.25) is 0 Å². The van der Waals surface area contributed by atoms with Gasteiger partial charge in [0.05, 0.1) is 27.2 Å². The van der Waals surface area contributed by atoms with Gasteiger partial charge in [-0.3, -0.25) is 0 Å². The molecule has 0 aliphatic carbocycles. The van der Waals surface area contributed by atoms with Gasteiger partial charge in [0.15, 0.2) is 0 Å². The van der Waals surface area contributed by atoms with Gasteiger partial charge in [-0.05, 0) is 48.0 Å². The second kappa shape index (κ2) is 8.03. The van der Waals surface area contributed by atoms with Gasteiger partial charge in [0.2, 0.25) is 10.0 Å². The van der Waals surface area contributed by atoms with Gasteiger partial charge in [-0.25, -0.2) is 18.5 Å². The smallest absolute Gasteiger partial charge is 0.341 e. The molecule has 0 radical (unpaired) electrons. The number of H-pyrrole nitrogens is 1. The minimum Gasteiger partial charge on any atom is -0.341 e. The number of nitrogens with zero attached hydrogens (tertiary/aromatic N) is 1. The van der Waals surface area contributed by atoms with Crippen LogP contribution in [0.5, 0.6) is 0 Å². The number of fused-ring (bicyclic) bond motifs is 1. The van der Waals surface area contributed by atoms with Crippen LogP contribution >= 0.6 is 11.8 Å². The van der Waals surface area contributed by atoms with Crippen molar-refractivity contribution in [1.29, 1.82) is 0 Å². The summed E-state index contributed by atoms with van der Waals surface area (Å²) in [7, 11) is -3.88. The lowest BCUT2D eigenvalue weighted by atomic mass is 10.1. The second-order valence-corrected chi connectivity index (χ2v) is 9.35. The fourth-order valence-electron chi connectivity index (χ4n) is 3.14. The minimum atomic E-state index is -4.36. The molecule has 0 spiro atoms. The number of nitrogens with one attached hydrogen (secondary N) is 1. The highest BCUT2D eigenvalue weighted by Gasteiger charge is 2.29. The number of alkyl halides is 3. The van der Waals surface area contributed by atoms with Crippen molar-refractivity contribution in [2.24, 2.45) is 5.14 Å². The number of benzene rings is 3. The molecule has 4 rings (SSSR count). The molecule has 10 heteroatoms. The van der Waals surface area contributed by atoms with Crippen molar-refractivity contribution in [3.8, 4) is 11.1 Å². The van der Waals surface area contributed by atoms with Crippen molar-refractivity contribution in [3.05, 3.63) is 78.1 Å². The van der Waals surface area contributed by atoms with Crippen LogP contribution in [0.3, 0.4) is 0 Å². The Balaban J connectivity index is 1.56. The average molecular weight is 464 g/mol. The summed E-state index contributed by atoms with van der Waals surface area (Å²) in [6, 6.07) is 16.8. The first-order valence-corrected chi connectivity index (χ1v) is 11.6. The van der Waals surface area contributed by atoms with Crippen molar-refractivity contribution in [2.75, 3.05) is 0 Å². The molecule has 3 N–H and O–H groups in total. The zero-order valence-electron chi connectivity index (χ0n) is 15.8. The predicted molar refractivity (Wildman–Crippen MR) is 114 cm³/mol. The zero-order valence-corrected chi connectivity index (χ0v) is 17.5. The molecule has 0 saturated heterocycles. The Kier molecular flexibility index (Phi) is 5.54. The SMILES string of the molecule is NS(=O)(=O)c1ccccc1-c1ccc2nc(CSc3ccc(C(F)(F)F)cc3)[nH]c2c1. The first-order chi connectivity index (χ1) is 14.6. The summed E-state index contributed by atoms with van der Waals surface area (Å²) in [5, 5.41) is 5.33. The molecular weight excluding hydrogens is 447 g/mol. The summed E-state index contributed by atoms with van der Waals surface area (Å²) in [5.41, 5.74) is 1.88. The Morgan fingerprint density at radius 3 is 2.39 bits per heavy atom. The molecule has 0 fully saturated rings. The van der Waals surface area contributed by atoms with Crippen molar-refractivity contribution in [3.63, 3.8) is 0 Å². The van der Waals surface area contributed by atoms with Crippen LogP contribution in [0, 0.1) is 0 Å². The monoisotopic (exact) mass is 463 g/mol. The fraction of sp³-hybridized carbons (Fsp3) is 0.0952. The van der Waals surface area contributed by atoms with E-state index < -0.39 is 21.8 Å². The van der Waals surface area contributed by atoms with E-state index in [-0.39, 0.29) is 4.90 Å². The lowest BCUT2D eigenvalue weighted by molar-refractivity contribution is -0.137. The Morgan fingerprint density at radius 1 is 1.00 bits per heavy atom. The van der Waals surface area contributed by atoms with E-state index in [1.54, 1.807) is 36.4 Å². The number of thioether (sulfide) groups is 1. The number of primary sulfonamides is 1. The highest BCUT2D eigenvalue weighted by Crippen LogP contribution is 2.32. The molecule has 0 amide bonds. The Morgan fingerprint density at radius 2 is 1.71 bits per heavy atom. The average Bonchev–Trinajstić information content (AvgIpc) is 3.13. The predicted octanol–water partition coefficient (Wildman–Crippen LogP) is 5.19. The highest BCUT2D eigenvalue weighted by atomic mass is 32.2. The van der Waals surface area contributed by atoms with Crippen molar-refractivity contribution in [2.45, 2.75) is 21.7 Å². The third-order valence-electron chi connectivity index (χ3n) is 4.59. The fourth-order valence-corrected chi connectivity index (χ4v) is 4.67. The topological polar surface area (TPSA) is 88.8 Å². The van der Waals surface area contributed by atoms with Crippen LogP contribution in [-0.2, 0) is 22.0 Å².